The third kappa shape index (κ3) is 7.65. The van der Waals surface area contributed by atoms with Gasteiger partial charge < -0.3 is 24.4 Å². The molecule has 0 bridgehead atoms. The fourth-order valence-corrected chi connectivity index (χ4v) is 6.08. The summed E-state index contributed by atoms with van der Waals surface area (Å²) in [6.45, 7) is 2.53. The molecule has 16 nitrogen and oxygen atoms in total. The Morgan fingerprint density at radius 3 is 2.43 bits per heavy atom. The minimum absolute atomic E-state index is 0.0384. The van der Waals surface area contributed by atoms with Crippen molar-refractivity contribution in [1.82, 2.24) is 33.6 Å². The summed E-state index contributed by atoms with van der Waals surface area (Å²) in [7, 11) is 4.43. The van der Waals surface area contributed by atoms with Gasteiger partial charge in [-0.05, 0) is 53.6 Å². The number of imidazole rings is 1. The second-order valence-corrected chi connectivity index (χ2v) is 12.7. The predicted molar refractivity (Wildman–Crippen MR) is 203 cm³/mol. The van der Waals surface area contributed by atoms with Gasteiger partial charge in [-0.2, -0.15) is 25.0 Å². The van der Waals surface area contributed by atoms with Crippen LogP contribution in [0.1, 0.15) is 11.1 Å². The molecule has 7 rings (SSSR count). The zero-order valence-electron chi connectivity index (χ0n) is 28.8. The molecule has 18 heteroatoms. The summed E-state index contributed by atoms with van der Waals surface area (Å²) in [6, 6.07) is 19.8. The quantitative estimate of drug-likeness (QED) is 0.137. The Bertz CT molecular complexity index is 2440. The molecule has 3 aromatic carbocycles. The van der Waals surface area contributed by atoms with Crippen LogP contribution in [0.3, 0.4) is 0 Å². The van der Waals surface area contributed by atoms with Crippen LogP contribution in [0.4, 0.5) is 23.5 Å². The van der Waals surface area contributed by atoms with E-state index in [9.17, 15) is 9.59 Å². The molecule has 1 fully saturated rings. The highest BCUT2D eigenvalue weighted by Gasteiger charge is 2.23. The first-order valence-electron chi connectivity index (χ1n) is 16.3. The van der Waals surface area contributed by atoms with Crippen LogP contribution in [0, 0.1) is 0 Å². The van der Waals surface area contributed by atoms with Crippen molar-refractivity contribution in [3.63, 3.8) is 0 Å². The number of nitrogens with zero attached hydrogens (tertiary/aromatic N) is 9. The van der Waals surface area contributed by atoms with Crippen LogP contribution in [0.15, 0.2) is 81.4 Å². The van der Waals surface area contributed by atoms with Gasteiger partial charge in [0.2, 0.25) is 17.8 Å². The van der Waals surface area contributed by atoms with Crippen LogP contribution >= 0.6 is 23.2 Å². The van der Waals surface area contributed by atoms with Crippen LogP contribution in [-0.2, 0) is 25.4 Å². The van der Waals surface area contributed by atoms with E-state index in [0.717, 1.165) is 10.3 Å². The van der Waals surface area contributed by atoms with Gasteiger partial charge in [0.25, 0.3) is 5.56 Å². The molecule has 0 atom stereocenters. The number of hydrazone groups is 1. The number of para-hydroxylation sites is 1. The third-order valence-electron chi connectivity index (χ3n) is 8.37. The first-order valence-corrected chi connectivity index (χ1v) is 17.1. The number of hydrogen-bond acceptors (Lipinski definition) is 13. The summed E-state index contributed by atoms with van der Waals surface area (Å²) in [5, 5.41) is 8.44. The third-order valence-corrected chi connectivity index (χ3v) is 8.96. The number of hydrogen-bond donors (Lipinski definition) is 2. The van der Waals surface area contributed by atoms with E-state index in [1.54, 1.807) is 47.2 Å². The van der Waals surface area contributed by atoms with E-state index in [4.69, 9.17) is 37.4 Å². The van der Waals surface area contributed by atoms with E-state index in [1.165, 1.54) is 25.8 Å². The van der Waals surface area contributed by atoms with E-state index in [1.807, 2.05) is 35.2 Å². The number of halogens is 2. The fraction of sp³-hybridized carbons (Fsp3) is 0.229. The number of fused-ring (bicyclic) bond motifs is 1. The lowest BCUT2D eigenvalue weighted by molar-refractivity contribution is 0.122. The van der Waals surface area contributed by atoms with Gasteiger partial charge in [0.15, 0.2) is 22.7 Å². The highest BCUT2D eigenvalue weighted by Crippen LogP contribution is 2.34. The lowest BCUT2D eigenvalue weighted by Gasteiger charge is -2.27. The predicted octanol–water partition coefficient (Wildman–Crippen LogP) is 4.80. The Morgan fingerprint density at radius 1 is 0.906 bits per heavy atom. The standard InChI is InChI=1S/C35H33Cl2N11O5/c1-45-29-28(30(49)46(2)35(45)50)48(20-22-10-11-23(36)18-25(22)37)34(40-29)53-26-12-9-21(17-27(26)51-3)19-38-44-32-41-31(39-24-7-5-4-6-8-24)42-33(43-32)47-13-15-52-16-14-47/h4-12,17-19H,13-16,20H2,1-3H3,(H2,39,41,42,43,44). The molecule has 0 saturated carbocycles. The summed E-state index contributed by atoms with van der Waals surface area (Å²) in [5.41, 5.74) is 4.27. The van der Waals surface area contributed by atoms with Crippen molar-refractivity contribution in [3.8, 4) is 17.5 Å². The van der Waals surface area contributed by atoms with Gasteiger partial charge in [-0.15, -0.1) is 0 Å². The average Bonchev–Trinajstić information content (AvgIpc) is 3.52. The molecule has 0 unspecified atom stereocenters. The van der Waals surface area contributed by atoms with Crippen molar-refractivity contribution < 1.29 is 14.2 Å². The molecule has 0 radical (unpaired) electrons. The van der Waals surface area contributed by atoms with Crippen molar-refractivity contribution in [2.24, 2.45) is 19.2 Å². The van der Waals surface area contributed by atoms with Crippen LogP contribution in [0.2, 0.25) is 10.0 Å². The van der Waals surface area contributed by atoms with Gasteiger partial charge in [0.1, 0.15) is 0 Å². The number of ether oxygens (including phenoxy) is 3. The van der Waals surface area contributed by atoms with Crippen molar-refractivity contribution >= 4 is 64.1 Å². The molecule has 2 N–H and O–H groups in total. The second-order valence-electron chi connectivity index (χ2n) is 11.8. The Balaban J connectivity index is 1.17. The van der Waals surface area contributed by atoms with Gasteiger partial charge in [-0.3, -0.25) is 18.5 Å². The second kappa shape index (κ2) is 15.3. The summed E-state index contributed by atoms with van der Waals surface area (Å²) >= 11 is 12.6. The smallest absolute Gasteiger partial charge is 0.332 e. The van der Waals surface area contributed by atoms with E-state index in [-0.39, 0.29) is 29.7 Å². The first-order chi connectivity index (χ1) is 25.7. The summed E-state index contributed by atoms with van der Waals surface area (Å²) in [6.07, 6.45) is 1.58. The fourth-order valence-electron chi connectivity index (χ4n) is 5.61. The van der Waals surface area contributed by atoms with Gasteiger partial charge in [-0.1, -0.05) is 47.5 Å². The molecule has 0 amide bonds. The van der Waals surface area contributed by atoms with E-state index < -0.39 is 11.2 Å². The van der Waals surface area contributed by atoms with Crippen LogP contribution in [-0.4, -0.2) is 73.3 Å². The summed E-state index contributed by atoms with van der Waals surface area (Å²) in [5.74, 6) is 1.73. The maximum absolute atomic E-state index is 13.4. The molecule has 1 aliphatic heterocycles. The summed E-state index contributed by atoms with van der Waals surface area (Å²) in [4.78, 5) is 46.5. The van der Waals surface area contributed by atoms with Crippen LogP contribution < -0.4 is 36.4 Å². The van der Waals surface area contributed by atoms with Crippen molar-refractivity contribution in [3.05, 3.63) is 109 Å². The zero-order chi connectivity index (χ0) is 37.1. The highest BCUT2D eigenvalue weighted by atomic mass is 35.5. The van der Waals surface area contributed by atoms with Crippen molar-refractivity contribution in [2.45, 2.75) is 6.54 Å². The molecule has 4 heterocycles. The Kier molecular flexibility index (Phi) is 10.2. The monoisotopic (exact) mass is 757 g/mol. The van der Waals surface area contributed by atoms with Gasteiger partial charge in [0.05, 0.1) is 33.1 Å². The van der Waals surface area contributed by atoms with Gasteiger partial charge in [0, 0.05) is 42.9 Å². The SMILES string of the molecule is COc1cc(C=NNc2nc(Nc3ccccc3)nc(N3CCOCC3)n2)ccc1Oc1nc2c(c(=O)n(C)c(=O)n2C)n1Cc1ccc(Cl)cc1Cl. The molecule has 3 aromatic heterocycles. The number of morpholine rings is 1. The highest BCUT2D eigenvalue weighted by molar-refractivity contribution is 6.35. The number of rotatable bonds is 11. The van der Waals surface area contributed by atoms with E-state index in [0.29, 0.717) is 70.9 Å². The minimum Gasteiger partial charge on any atom is -0.493 e. The zero-order valence-corrected chi connectivity index (χ0v) is 30.3. The van der Waals surface area contributed by atoms with E-state index in [2.05, 4.69) is 35.8 Å². The number of aromatic nitrogens is 7. The Morgan fingerprint density at radius 2 is 1.68 bits per heavy atom. The molecule has 1 saturated heterocycles. The normalized spacial score (nSPS) is 13.1. The molecule has 272 valence electrons. The lowest BCUT2D eigenvalue weighted by atomic mass is 10.2. The molecule has 0 spiro atoms. The number of anilines is 4. The lowest BCUT2D eigenvalue weighted by Crippen LogP contribution is -2.37. The van der Waals surface area contributed by atoms with Crippen LogP contribution in [0.5, 0.6) is 17.5 Å². The molecular formula is C35H33Cl2N11O5. The number of aryl methyl sites for hydroxylation is 1. The Labute approximate surface area is 312 Å². The van der Waals surface area contributed by atoms with Crippen molar-refractivity contribution in [2.75, 3.05) is 49.1 Å². The molecule has 53 heavy (non-hydrogen) atoms. The van der Waals surface area contributed by atoms with Gasteiger partial charge in [-0.25, -0.2) is 10.2 Å². The van der Waals surface area contributed by atoms with Gasteiger partial charge >= 0.3 is 11.7 Å². The molecular weight excluding hydrogens is 725 g/mol. The van der Waals surface area contributed by atoms with Crippen molar-refractivity contribution in [1.29, 1.82) is 0 Å². The Hall–Kier alpha value is -5.97. The maximum atomic E-state index is 13.4. The number of methoxy groups -OCH3 is 1. The van der Waals surface area contributed by atoms with Crippen LogP contribution in [0.25, 0.3) is 11.2 Å². The first kappa shape index (κ1) is 35.4. The molecule has 6 aromatic rings. The van der Waals surface area contributed by atoms with E-state index >= 15 is 0 Å². The number of nitrogens with one attached hydrogen (secondary N) is 2. The average molecular weight is 759 g/mol. The number of benzene rings is 3. The summed E-state index contributed by atoms with van der Waals surface area (Å²) < 4.78 is 21.3. The minimum atomic E-state index is -0.542. The largest absolute Gasteiger partial charge is 0.493 e. The molecule has 1 aliphatic rings. The maximum Gasteiger partial charge on any atom is 0.332 e. The molecule has 0 aliphatic carbocycles. The topological polar surface area (TPSA) is 168 Å².